The molecule has 5 heteroatoms. The smallest absolute Gasteiger partial charge is 0.251 e. The van der Waals surface area contributed by atoms with Crippen LogP contribution in [0.5, 0.6) is 11.5 Å². The van der Waals surface area contributed by atoms with E-state index in [0.29, 0.717) is 36.1 Å². The van der Waals surface area contributed by atoms with Crippen LogP contribution in [0.2, 0.25) is 5.02 Å². The van der Waals surface area contributed by atoms with E-state index < -0.39 is 0 Å². The summed E-state index contributed by atoms with van der Waals surface area (Å²) in [4.78, 5) is 12.7. The van der Waals surface area contributed by atoms with Crippen molar-refractivity contribution < 1.29 is 14.3 Å². The van der Waals surface area contributed by atoms with Gasteiger partial charge in [0.25, 0.3) is 5.91 Å². The number of nitrogens with one attached hydrogen (secondary N) is 1. The zero-order chi connectivity index (χ0) is 22.4. The first-order valence-electron chi connectivity index (χ1n) is 10.4. The van der Waals surface area contributed by atoms with Gasteiger partial charge in [-0.15, -0.1) is 0 Å². The van der Waals surface area contributed by atoms with E-state index in [1.807, 2.05) is 56.3 Å². The standard InChI is InChI=1S/C26H28ClNO3/c1-5-30-24-11-10-20(26(29)28-15-21-8-6-7-9-23(21)27)14-22(24)16-31-25-13-17(2)12-18(3)19(25)4/h6-14H,5,15-16H2,1-4H3,(H,28,29). The highest BCUT2D eigenvalue weighted by molar-refractivity contribution is 6.31. The predicted molar refractivity (Wildman–Crippen MR) is 125 cm³/mol. The number of hydrogen-bond acceptors (Lipinski definition) is 3. The lowest BCUT2D eigenvalue weighted by atomic mass is 10.1. The molecule has 0 radical (unpaired) electrons. The Labute approximate surface area is 189 Å². The number of carbonyl (C=O) groups excluding carboxylic acids is 1. The van der Waals surface area contributed by atoms with Crippen LogP contribution in [0.1, 0.15) is 45.1 Å². The summed E-state index contributed by atoms with van der Waals surface area (Å²) < 4.78 is 11.9. The van der Waals surface area contributed by atoms with Gasteiger partial charge in [-0.25, -0.2) is 0 Å². The van der Waals surface area contributed by atoms with E-state index in [0.717, 1.165) is 28.0 Å². The largest absolute Gasteiger partial charge is 0.493 e. The number of carbonyl (C=O) groups is 1. The lowest BCUT2D eigenvalue weighted by molar-refractivity contribution is 0.0950. The van der Waals surface area contributed by atoms with Crippen LogP contribution in [0.4, 0.5) is 0 Å². The zero-order valence-electron chi connectivity index (χ0n) is 18.4. The summed E-state index contributed by atoms with van der Waals surface area (Å²) in [5.41, 5.74) is 5.69. The van der Waals surface area contributed by atoms with E-state index in [2.05, 4.69) is 25.2 Å². The highest BCUT2D eigenvalue weighted by Crippen LogP contribution is 2.27. The summed E-state index contributed by atoms with van der Waals surface area (Å²) >= 11 is 6.18. The van der Waals surface area contributed by atoms with Crippen molar-refractivity contribution in [1.29, 1.82) is 0 Å². The van der Waals surface area contributed by atoms with Crippen LogP contribution in [0, 0.1) is 20.8 Å². The van der Waals surface area contributed by atoms with Crippen molar-refractivity contribution in [3.8, 4) is 11.5 Å². The monoisotopic (exact) mass is 437 g/mol. The number of halogens is 1. The normalized spacial score (nSPS) is 10.6. The summed E-state index contributed by atoms with van der Waals surface area (Å²) in [6.45, 7) is 9.31. The molecule has 0 aromatic heterocycles. The van der Waals surface area contributed by atoms with Gasteiger partial charge in [-0.05, 0) is 80.3 Å². The molecule has 3 aromatic carbocycles. The molecule has 0 heterocycles. The molecule has 0 bridgehead atoms. The zero-order valence-corrected chi connectivity index (χ0v) is 19.2. The fourth-order valence-corrected chi connectivity index (χ4v) is 3.56. The van der Waals surface area contributed by atoms with Gasteiger partial charge in [-0.1, -0.05) is 35.9 Å². The second-order valence-electron chi connectivity index (χ2n) is 7.52. The second-order valence-corrected chi connectivity index (χ2v) is 7.93. The quantitative estimate of drug-likeness (QED) is 0.458. The average Bonchev–Trinajstić information content (AvgIpc) is 2.75. The maximum absolute atomic E-state index is 12.7. The topological polar surface area (TPSA) is 47.6 Å². The van der Waals surface area contributed by atoms with Gasteiger partial charge in [-0.2, -0.15) is 0 Å². The first-order valence-corrected chi connectivity index (χ1v) is 10.7. The van der Waals surface area contributed by atoms with E-state index in [1.54, 1.807) is 6.07 Å². The van der Waals surface area contributed by atoms with E-state index in [4.69, 9.17) is 21.1 Å². The van der Waals surface area contributed by atoms with Gasteiger partial charge in [0.2, 0.25) is 0 Å². The Morgan fingerprint density at radius 1 is 0.935 bits per heavy atom. The molecule has 0 spiro atoms. The maximum Gasteiger partial charge on any atom is 0.251 e. The molecule has 3 aromatic rings. The summed E-state index contributed by atoms with van der Waals surface area (Å²) in [5.74, 6) is 1.38. The van der Waals surface area contributed by atoms with E-state index >= 15 is 0 Å². The minimum Gasteiger partial charge on any atom is -0.493 e. The van der Waals surface area contributed by atoms with E-state index in [9.17, 15) is 4.79 Å². The fraction of sp³-hybridized carbons (Fsp3) is 0.269. The van der Waals surface area contributed by atoms with Gasteiger partial charge in [0.05, 0.1) is 6.61 Å². The summed E-state index contributed by atoms with van der Waals surface area (Å²) in [6, 6.07) is 17.0. The van der Waals surface area contributed by atoms with Gasteiger partial charge < -0.3 is 14.8 Å². The molecule has 1 N–H and O–H groups in total. The first kappa shape index (κ1) is 22.7. The minimum absolute atomic E-state index is 0.174. The average molecular weight is 438 g/mol. The fourth-order valence-electron chi connectivity index (χ4n) is 3.36. The Morgan fingerprint density at radius 2 is 1.71 bits per heavy atom. The molecule has 162 valence electrons. The third-order valence-corrected chi connectivity index (χ3v) is 5.54. The molecule has 0 saturated heterocycles. The minimum atomic E-state index is -0.174. The SMILES string of the molecule is CCOc1ccc(C(=O)NCc2ccccc2Cl)cc1COc1cc(C)cc(C)c1C. The van der Waals surface area contributed by atoms with Gasteiger partial charge in [0.1, 0.15) is 18.1 Å². The van der Waals surface area contributed by atoms with Crippen LogP contribution in [0.25, 0.3) is 0 Å². The molecule has 0 unspecified atom stereocenters. The Morgan fingerprint density at radius 3 is 2.45 bits per heavy atom. The van der Waals surface area contributed by atoms with Crippen molar-refractivity contribution >= 4 is 17.5 Å². The maximum atomic E-state index is 12.7. The van der Waals surface area contributed by atoms with Crippen LogP contribution in [0.3, 0.4) is 0 Å². The molecular weight excluding hydrogens is 410 g/mol. The molecular formula is C26H28ClNO3. The van der Waals surface area contributed by atoms with E-state index in [-0.39, 0.29) is 5.91 Å². The van der Waals surface area contributed by atoms with Gasteiger partial charge in [0.15, 0.2) is 0 Å². The molecule has 1 amide bonds. The summed E-state index contributed by atoms with van der Waals surface area (Å²) in [5, 5.41) is 3.56. The Balaban J connectivity index is 1.77. The van der Waals surface area contributed by atoms with Crippen molar-refractivity contribution in [3.05, 3.63) is 93.0 Å². The third kappa shape index (κ3) is 5.80. The third-order valence-electron chi connectivity index (χ3n) is 5.17. The lowest BCUT2D eigenvalue weighted by Crippen LogP contribution is -2.23. The second kappa shape index (κ2) is 10.4. The molecule has 4 nitrogen and oxygen atoms in total. The molecule has 0 aliphatic rings. The van der Waals surface area contributed by atoms with Crippen molar-refractivity contribution in [2.45, 2.75) is 40.8 Å². The Kier molecular flexibility index (Phi) is 7.59. The van der Waals surface area contributed by atoms with Gasteiger partial charge in [-0.3, -0.25) is 4.79 Å². The van der Waals surface area contributed by atoms with Crippen molar-refractivity contribution in [2.24, 2.45) is 0 Å². The van der Waals surface area contributed by atoms with Gasteiger partial charge >= 0.3 is 0 Å². The molecule has 31 heavy (non-hydrogen) atoms. The number of hydrogen-bond donors (Lipinski definition) is 1. The Bertz CT molecular complexity index is 1080. The number of rotatable bonds is 8. The number of aryl methyl sites for hydroxylation is 2. The van der Waals surface area contributed by atoms with Crippen molar-refractivity contribution in [3.63, 3.8) is 0 Å². The predicted octanol–water partition coefficient (Wildman–Crippen LogP) is 6.17. The highest BCUT2D eigenvalue weighted by atomic mass is 35.5. The Hall–Kier alpha value is -2.98. The molecule has 0 saturated carbocycles. The van der Waals surface area contributed by atoms with Crippen LogP contribution < -0.4 is 14.8 Å². The number of ether oxygens (including phenoxy) is 2. The summed E-state index contributed by atoms with van der Waals surface area (Å²) in [7, 11) is 0. The van der Waals surface area contributed by atoms with E-state index in [1.165, 1.54) is 5.56 Å². The van der Waals surface area contributed by atoms with Crippen molar-refractivity contribution in [2.75, 3.05) is 6.61 Å². The molecule has 3 rings (SSSR count). The lowest BCUT2D eigenvalue weighted by Gasteiger charge is -2.16. The molecule has 0 fully saturated rings. The van der Waals surface area contributed by atoms with Gasteiger partial charge in [0, 0.05) is 22.7 Å². The molecule has 0 aliphatic carbocycles. The van der Waals surface area contributed by atoms with Crippen LogP contribution in [-0.2, 0) is 13.2 Å². The number of benzene rings is 3. The van der Waals surface area contributed by atoms with Crippen LogP contribution in [-0.4, -0.2) is 12.5 Å². The summed E-state index contributed by atoms with van der Waals surface area (Å²) in [6.07, 6.45) is 0. The highest BCUT2D eigenvalue weighted by Gasteiger charge is 2.13. The molecule has 0 aliphatic heterocycles. The first-order chi connectivity index (χ1) is 14.9. The molecule has 0 atom stereocenters. The number of amides is 1. The van der Waals surface area contributed by atoms with Crippen molar-refractivity contribution in [1.82, 2.24) is 5.32 Å². The van der Waals surface area contributed by atoms with Crippen LogP contribution in [0.15, 0.2) is 54.6 Å². The van der Waals surface area contributed by atoms with Crippen LogP contribution >= 0.6 is 11.6 Å².